The SMILES string of the molecule is CN(C)CCNc1cncc2c1C(=O)c1c(NCCN(C)C)ccc3c1c-2nn3CCN(C)C. The third kappa shape index (κ3) is 4.77. The molecule has 0 bridgehead atoms. The van der Waals surface area contributed by atoms with E-state index in [0.29, 0.717) is 11.1 Å². The van der Waals surface area contributed by atoms with Crippen molar-refractivity contribution in [2.75, 3.05) is 85.6 Å². The lowest BCUT2D eigenvalue weighted by Gasteiger charge is -2.22. The molecule has 9 heteroatoms. The minimum absolute atomic E-state index is 0.0161. The van der Waals surface area contributed by atoms with Gasteiger partial charge >= 0.3 is 0 Å². The summed E-state index contributed by atoms with van der Waals surface area (Å²) < 4.78 is 2.02. The summed E-state index contributed by atoms with van der Waals surface area (Å²) in [4.78, 5) is 24.9. The predicted octanol–water partition coefficient (Wildman–Crippen LogP) is 2.15. The normalized spacial score (nSPS) is 12.8. The Hall–Kier alpha value is -3.01. The molecule has 0 spiro atoms. The first-order valence-electron chi connectivity index (χ1n) is 11.8. The summed E-state index contributed by atoms with van der Waals surface area (Å²) >= 11 is 0. The highest BCUT2D eigenvalue weighted by Crippen LogP contribution is 2.43. The third-order valence-corrected chi connectivity index (χ3v) is 6.08. The van der Waals surface area contributed by atoms with E-state index in [1.807, 2.05) is 38.9 Å². The molecule has 0 saturated heterocycles. The van der Waals surface area contributed by atoms with Crippen LogP contribution in [0.15, 0.2) is 24.5 Å². The zero-order valence-corrected chi connectivity index (χ0v) is 21.1. The Morgan fingerprint density at radius 3 is 2.12 bits per heavy atom. The Kier molecular flexibility index (Phi) is 7.16. The maximum Gasteiger partial charge on any atom is 0.198 e. The van der Waals surface area contributed by atoms with Gasteiger partial charge in [0.25, 0.3) is 0 Å². The molecule has 182 valence electrons. The molecule has 0 amide bonds. The number of anilines is 2. The van der Waals surface area contributed by atoms with Gasteiger partial charge in [-0.2, -0.15) is 5.10 Å². The minimum Gasteiger partial charge on any atom is -0.383 e. The van der Waals surface area contributed by atoms with Gasteiger partial charge in [-0.15, -0.1) is 0 Å². The molecule has 3 aromatic rings. The molecule has 0 radical (unpaired) electrons. The van der Waals surface area contributed by atoms with Crippen LogP contribution in [0.2, 0.25) is 0 Å². The summed E-state index contributed by atoms with van der Waals surface area (Å²) in [5.74, 6) is 0.0161. The third-order valence-electron chi connectivity index (χ3n) is 6.08. The number of carbonyl (C=O) groups excluding carboxylic acids is 1. The van der Waals surface area contributed by atoms with Crippen molar-refractivity contribution in [1.29, 1.82) is 0 Å². The van der Waals surface area contributed by atoms with Crippen LogP contribution in [0.5, 0.6) is 0 Å². The predicted molar refractivity (Wildman–Crippen MR) is 139 cm³/mol. The molecule has 2 aromatic heterocycles. The van der Waals surface area contributed by atoms with Crippen molar-refractivity contribution < 1.29 is 4.79 Å². The van der Waals surface area contributed by atoms with Gasteiger partial charge in [-0.1, -0.05) is 0 Å². The number of ketones is 1. The molecule has 4 rings (SSSR count). The van der Waals surface area contributed by atoms with Gasteiger partial charge in [-0.05, 0) is 54.4 Å². The highest BCUT2D eigenvalue weighted by atomic mass is 16.1. The van der Waals surface area contributed by atoms with Gasteiger partial charge in [0.15, 0.2) is 5.78 Å². The fourth-order valence-corrected chi connectivity index (χ4v) is 4.28. The second-order valence-electron chi connectivity index (χ2n) is 9.66. The Balaban J connectivity index is 1.83. The molecule has 2 heterocycles. The van der Waals surface area contributed by atoms with Crippen molar-refractivity contribution in [2.45, 2.75) is 6.54 Å². The van der Waals surface area contributed by atoms with Gasteiger partial charge in [0.1, 0.15) is 5.69 Å². The maximum absolute atomic E-state index is 14.0. The summed E-state index contributed by atoms with van der Waals surface area (Å²) in [5, 5.41) is 12.8. The number of carbonyl (C=O) groups is 1. The number of likely N-dealkylation sites (N-methyl/N-ethyl adjacent to an activating group) is 3. The molecule has 0 fully saturated rings. The monoisotopic (exact) mass is 464 g/mol. The van der Waals surface area contributed by atoms with E-state index >= 15 is 0 Å². The number of nitrogens with zero attached hydrogens (tertiary/aromatic N) is 6. The van der Waals surface area contributed by atoms with E-state index < -0.39 is 0 Å². The summed E-state index contributed by atoms with van der Waals surface area (Å²) in [6.45, 7) is 4.81. The number of hydrogen-bond donors (Lipinski definition) is 2. The van der Waals surface area contributed by atoms with Crippen LogP contribution in [0, 0.1) is 0 Å². The van der Waals surface area contributed by atoms with E-state index in [4.69, 9.17) is 5.10 Å². The minimum atomic E-state index is 0.0161. The average Bonchev–Trinajstić information content (AvgIpc) is 3.15. The van der Waals surface area contributed by atoms with Crippen LogP contribution in [-0.2, 0) is 6.54 Å². The Morgan fingerprint density at radius 1 is 0.824 bits per heavy atom. The highest BCUT2D eigenvalue weighted by molar-refractivity contribution is 6.29. The second kappa shape index (κ2) is 10.1. The van der Waals surface area contributed by atoms with Gasteiger partial charge in [-0.3, -0.25) is 14.5 Å². The Bertz CT molecular complexity index is 1180. The van der Waals surface area contributed by atoms with Crippen molar-refractivity contribution in [3.05, 3.63) is 35.7 Å². The number of fused-ring (bicyclic) bond motifs is 2. The molecule has 0 saturated carbocycles. The van der Waals surface area contributed by atoms with E-state index in [9.17, 15) is 4.79 Å². The Labute approximate surface area is 201 Å². The lowest BCUT2D eigenvalue weighted by molar-refractivity contribution is 0.104. The molecule has 1 aromatic carbocycles. The number of rotatable bonds is 11. The van der Waals surface area contributed by atoms with Crippen molar-refractivity contribution >= 4 is 28.1 Å². The zero-order chi connectivity index (χ0) is 24.4. The summed E-state index contributed by atoms with van der Waals surface area (Å²) in [6.07, 6.45) is 3.53. The summed E-state index contributed by atoms with van der Waals surface area (Å²) in [7, 11) is 12.3. The van der Waals surface area contributed by atoms with Gasteiger partial charge < -0.3 is 25.3 Å². The first kappa shape index (κ1) is 24.1. The second-order valence-corrected chi connectivity index (χ2v) is 9.66. The standard InChI is InChI=1S/C25H36N8O/c1-30(2)11-9-27-18-7-8-20-23-22(18)25(34)21-17(24(23)29-33(20)14-13-32(5)6)15-26-16-19(21)28-10-12-31(3)4/h7-8,15-16,27-28H,9-14H2,1-6H3. The molecule has 34 heavy (non-hydrogen) atoms. The van der Waals surface area contributed by atoms with Gasteiger partial charge in [0.05, 0.1) is 35.1 Å². The number of aromatic nitrogens is 3. The van der Waals surface area contributed by atoms with E-state index in [1.54, 1.807) is 12.4 Å². The van der Waals surface area contributed by atoms with Crippen molar-refractivity contribution in [2.24, 2.45) is 0 Å². The molecule has 1 aliphatic carbocycles. The van der Waals surface area contributed by atoms with Crippen LogP contribution in [0.25, 0.3) is 22.2 Å². The maximum atomic E-state index is 14.0. The van der Waals surface area contributed by atoms with Gasteiger partial charge in [-0.25, -0.2) is 0 Å². The van der Waals surface area contributed by atoms with Crippen LogP contribution in [0.4, 0.5) is 11.4 Å². The first-order chi connectivity index (χ1) is 16.3. The number of nitrogens with one attached hydrogen (secondary N) is 2. The van der Waals surface area contributed by atoms with Crippen LogP contribution in [0.3, 0.4) is 0 Å². The number of hydrogen-bond acceptors (Lipinski definition) is 8. The summed E-state index contributed by atoms with van der Waals surface area (Å²) in [6, 6.07) is 4.10. The van der Waals surface area contributed by atoms with Crippen LogP contribution in [-0.4, -0.2) is 110 Å². The molecular formula is C25H36N8O. The van der Waals surface area contributed by atoms with Crippen LogP contribution in [0.1, 0.15) is 15.9 Å². The lowest BCUT2D eigenvalue weighted by atomic mass is 9.86. The number of pyridine rings is 1. The van der Waals surface area contributed by atoms with Crippen LogP contribution < -0.4 is 10.6 Å². The smallest absolute Gasteiger partial charge is 0.198 e. The molecule has 2 N–H and O–H groups in total. The highest BCUT2D eigenvalue weighted by Gasteiger charge is 2.33. The number of benzene rings is 1. The lowest BCUT2D eigenvalue weighted by Crippen LogP contribution is -2.23. The van der Waals surface area contributed by atoms with Crippen molar-refractivity contribution in [3.8, 4) is 11.3 Å². The van der Waals surface area contributed by atoms with E-state index in [2.05, 4.69) is 50.5 Å². The zero-order valence-electron chi connectivity index (χ0n) is 21.1. The summed E-state index contributed by atoms with van der Waals surface area (Å²) in [5.41, 5.74) is 5.59. The quantitative estimate of drug-likeness (QED) is 0.350. The molecule has 0 atom stereocenters. The molecule has 1 aliphatic rings. The van der Waals surface area contributed by atoms with Gasteiger partial charge in [0, 0.05) is 55.6 Å². The van der Waals surface area contributed by atoms with Crippen molar-refractivity contribution in [3.63, 3.8) is 0 Å². The van der Waals surface area contributed by atoms with Crippen LogP contribution >= 0.6 is 0 Å². The molecule has 9 nitrogen and oxygen atoms in total. The van der Waals surface area contributed by atoms with Gasteiger partial charge in [0.2, 0.25) is 0 Å². The fraction of sp³-hybridized carbons (Fsp3) is 0.480. The van der Waals surface area contributed by atoms with Crippen molar-refractivity contribution in [1.82, 2.24) is 29.5 Å². The molecule has 0 unspecified atom stereocenters. The van der Waals surface area contributed by atoms with E-state index in [1.165, 1.54) is 0 Å². The molecular weight excluding hydrogens is 428 g/mol. The molecule has 0 aliphatic heterocycles. The topological polar surface area (TPSA) is 81.6 Å². The largest absolute Gasteiger partial charge is 0.383 e. The Morgan fingerprint density at radius 2 is 1.47 bits per heavy atom. The van der Waals surface area contributed by atoms with E-state index in [0.717, 1.165) is 72.8 Å². The average molecular weight is 465 g/mol. The fourth-order valence-electron chi connectivity index (χ4n) is 4.28. The first-order valence-corrected chi connectivity index (χ1v) is 11.8. The van der Waals surface area contributed by atoms with E-state index in [-0.39, 0.29) is 5.78 Å².